The number of halogens is 1. The molecule has 0 aliphatic heterocycles. The Kier molecular flexibility index (Phi) is 7.55. The molecule has 1 heterocycles. The number of unbranched alkanes of at least 4 members (excludes halogenated alkanes) is 1. The van der Waals surface area contributed by atoms with Gasteiger partial charge in [0, 0.05) is 33.6 Å². The Labute approximate surface area is 187 Å². The van der Waals surface area contributed by atoms with Gasteiger partial charge in [-0.2, -0.15) is 5.10 Å². The summed E-state index contributed by atoms with van der Waals surface area (Å²) in [5, 5.41) is 6.84. The number of ether oxygens (including phenoxy) is 1. The van der Waals surface area contributed by atoms with Crippen LogP contribution in [0.2, 0.25) is 0 Å². The highest BCUT2D eigenvalue weighted by molar-refractivity contribution is 9.10. The quantitative estimate of drug-likeness (QED) is 0.198. The number of urea groups is 1. The van der Waals surface area contributed by atoms with E-state index in [2.05, 4.69) is 36.8 Å². The molecule has 0 bridgehead atoms. The van der Waals surface area contributed by atoms with E-state index in [1.54, 1.807) is 42.6 Å². The number of H-pyrrole nitrogens is 1. The van der Waals surface area contributed by atoms with Gasteiger partial charge in [-0.25, -0.2) is 15.0 Å². The van der Waals surface area contributed by atoms with Crippen molar-refractivity contribution in [3.05, 3.63) is 64.3 Å². The van der Waals surface area contributed by atoms with Crippen molar-refractivity contribution in [1.82, 2.24) is 15.7 Å². The Hall–Kier alpha value is -3.46. The van der Waals surface area contributed by atoms with Gasteiger partial charge in [-0.1, -0.05) is 25.5 Å². The summed E-state index contributed by atoms with van der Waals surface area (Å²) in [6.45, 7) is 1.96. The number of hydrogen-bond donors (Lipinski definition) is 3. The summed E-state index contributed by atoms with van der Waals surface area (Å²) >= 11 is 3.34. The van der Waals surface area contributed by atoms with Crippen LogP contribution in [0.25, 0.3) is 10.9 Å². The molecular formula is C22H21BrN4O4. The summed E-state index contributed by atoms with van der Waals surface area (Å²) < 4.78 is 6.13. The molecule has 0 aliphatic carbocycles. The molecule has 160 valence electrons. The minimum absolute atomic E-state index is 0.289. The molecule has 3 amide bonds. The maximum absolute atomic E-state index is 12.4. The smallest absolute Gasteiger partial charge is 0.344 e. The number of nitrogens with zero attached hydrogens (tertiary/aromatic N) is 1. The number of hydrogen-bond acceptors (Lipinski definition) is 5. The third-order valence-electron chi connectivity index (χ3n) is 4.37. The second kappa shape index (κ2) is 10.5. The fourth-order valence-electron chi connectivity index (χ4n) is 2.80. The van der Waals surface area contributed by atoms with Gasteiger partial charge >= 0.3 is 12.0 Å². The molecule has 3 rings (SSSR count). The number of hydrazone groups is 1. The van der Waals surface area contributed by atoms with Crippen LogP contribution in [0.3, 0.4) is 0 Å². The maximum Gasteiger partial charge on any atom is 0.344 e. The van der Waals surface area contributed by atoms with Crippen LogP contribution in [0.4, 0.5) is 4.79 Å². The van der Waals surface area contributed by atoms with E-state index in [9.17, 15) is 14.4 Å². The van der Waals surface area contributed by atoms with Crippen molar-refractivity contribution < 1.29 is 19.1 Å². The lowest BCUT2D eigenvalue weighted by Gasteiger charge is -2.06. The van der Waals surface area contributed by atoms with E-state index in [0.29, 0.717) is 27.8 Å². The van der Waals surface area contributed by atoms with Crippen LogP contribution in [0.15, 0.2) is 58.2 Å². The van der Waals surface area contributed by atoms with E-state index in [1.807, 2.05) is 13.0 Å². The van der Waals surface area contributed by atoms with Crippen molar-refractivity contribution >= 4 is 51.0 Å². The number of esters is 1. The number of carbonyl (C=O) groups excluding carboxylic acids is 3. The Bertz CT molecular complexity index is 1140. The fraction of sp³-hybridized carbons (Fsp3) is 0.182. The minimum atomic E-state index is -0.694. The highest BCUT2D eigenvalue weighted by Crippen LogP contribution is 2.24. The molecule has 0 spiro atoms. The summed E-state index contributed by atoms with van der Waals surface area (Å²) in [6.07, 6.45) is 5.02. The van der Waals surface area contributed by atoms with E-state index in [0.717, 1.165) is 17.3 Å². The zero-order valence-electron chi connectivity index (χ0n) is 16.8. The molecule has 2 aromatic carbocycles. The number of aromatic amines is 1. The molecule has 8 nitrogen and oxygen atoms in total. The number of imide groups is 1. The van der Waals surface area contributed by atoms with Crippen molar-refractivity contribution in [2.24, 2.45) is 5.10 Å². The van der Waals surface area contributed by atoms with Gasteiger partial charge < -0.3 is 9.72 Å². The number of carbonyl (C=O) groups is 3. The first kappa shape index (κ1) is 22.2. The lowest BCUT2D eigenvalue weighted by molar-refractivity contribution is -0.120. The molecular weight excluding hydrogens is 464 g/mol. The highest BCUT2D eigenvalue weighted by atomic mass is 79.9. The third-order valence-corrected chi connectivity index (χ3v) is 5.06. The molecule has 9 heteroatoms. The number of rotatable bonds is 7. The zero-order valence-corrected chi connectivity index (χ0v) is 18.4. The van der Waals surface area contributed by atoms with Crippen molar-refractivity contribution in [2.75, 3.05) is 0 Å². The van der Waals surface area contributed by atoms with Gasteiger partial charge in [0.2, 0.25) is 5.91 Å². The SMILES string of the molecule is CCCCC(=O)NC(=O)N/N=C/c1c[nH]c2ccc(OC(=O)c3ccccc3Br)cc12. The first-order valence-corrected chi connectivity index (χ1v) is 10.5. The summed E-state index contributed by atoms with van der Waals surface area (Å²) in [5.41, 5.74) is 4.16. The van der Waals surface area contributed by atoms with Crippen molar-refractivity contribution in [1.29, 1.82) is 0 Å². The van der Waals surface area contributed by atoms with Crippen LogP contribution in [0.5, 0.6) is 5.75 Å². The molecule has 0 fully saturated rings. The van der Waals surface area contributed by atoms with Crippen LogP contribution in [0.1, 0.15) is 42.1 Å². The standard InChI is InChI=1S/C22H21BrN4O4/c1-2-3-8-20(28)26-22(30)27-25-13-14-12-24-19-10-9-15(11-17(14)19)31-21(29)16-6-4-5-7-18(16)23/h4-7,9-13,24H,2-3,8H2,1H3,(H2,26,27,28,30)/b25-13+. The fourth-order valence-corrected chi connectivity index (χ4v) is 3.24. The topological polar surface area (TPSA) is 113 Å². The van der Waals surface area contributed by atoms with Crippen molar-refractivity contribution in [3.8, 4) is 5.75 Å². The predicted molar refractivity (Wildman–Crippen MR) is 121 cm³/mol. The van der Waals surface area contributed by atoms with Crippen molar-refractivity contribution in [2.45, 2.75) is 26.2 Å². The lowest BCUT2D eigenvalue weighted by Crippen LogP contribution is -2.36. The van der Waals surface area contributed by atoms with Gasteiger partial charge in [-0.3, -0.25) is 10.1 Å². The summed E-state index contributed by atoms with van der Waals surface area (Å²) in [4.78, 5) is 38.8. The Morgan fingerprint density at radius 3 is 2.77 bits per heavy atom. The largest absolute Gasteiger partial charge is 0.423 e. The molecule has 0 radical (unpaired) electrons. The average molecular weight is 485 g/mol. The number of fused-ring (bicyclic) bond motifs is 1. The van der Waals surface area contributed by atoms with E-state index in [4.69, 9.17) is 4.74 Å². The Morgan fingerprint density at radius 2 is 2.00 bits per heavy atom. The lowest BCUT2D eigenvalue weighted by atomic mass is 10.2. The minimum Gasteiger partial charge on any atom is -0.423 e. The van der Waals surface area contributed by atoms with Crippen LogP contribution >= 0.6 is 15.9 Å². The van der Waals surface area contributed by atoms with Crippen LogP contribution < -0.4 is 15.5 Å². The van der Waals surface area contributed by atoms with E-state index in [-0.39, 0.29) is 12.3 Å². The number of amides is 3. The molecule has 31 heavy (non-hydrogen) atoms. The molecule has 3 aromatic rings. The van der Waals surface area contributed by atoms with Gasteiger partial charge in [0.05, 0.1) is 11.8 Å². The Balaban J connectivity index is 1.67. The summed E-state index contributed by atoms with van der Waals surface area (Å²) in [7, 11) is 0. The van der Waals surface area contributed by atoms with Gasteiger partial charge in [0.1, 0.15) is 5.75 Å². The summed E-state index contributed by atoms with van der Waals surface area (Å²) in [5.74, 6) is -0.462. The van der Waals surface area contributed by atoms with Crippen LogP contribution in [-0.2, 0) is 4.79 Å². The zero-order chi connectivity index (χ0) is 22.2. The number of benzene rings is 2. The molecule has 0 atom stereocenters. The number of nitrogens with one attached hydrogen (secondary N) is 3. The normalized spacial score (nSPS) is 10.9. The van der Waals surface area contributed by atoms with E-state index in [1.165, 1.54) is 6.21 Å². The first-order valence-electron chi connectivity index (χ1n) is 9.68. The van der Waals surface area contributed by atoms with Crippen LogP contribution in [-0.4, -0.2) is 29.1 Å². The Morgan fingerprint density at radius 1 is 1.19 bits per heavy atom. The van der Waals surface area contributed by atoms with Gasteiger partial charge in [-0.15, -0.1) is 0 Å². The molecule has 0 saturated carbocycles. The number of aromatic nitrogens is 1. The molecule has 3 N–H and O–H groups in total. The monoisotopic (exact) mass is 484 g/mol. The molecule has 0 aliphatic rings. The van der Waals surface area contributed by atoms with Gasteiger partial charge in [0.25, 0.3) is 0 Å². The van der Waals surface area contributed by atoms with E-state index < -0.39 is 12.0 Å². The summed E-state index contributed by atoms with van der Waals surface area (Å²) in [6, 6.07) is 11.5. The first-order chi connectivity index (χ1) is 15.0. The average Bonchev–Trinajstić information content (AvgIpc) is 3.14. The van der Waals surface area contributed by atoms with Crippen molar-refractivity contribution in [3.63, 3.8) is 0 Å². The maximum atomic E-state index is 12.4. The second-order valence-electron chi connectivity index (χ2n) is 6.67. The molecule has 1 aromatic heterocycles. The van der Waals surface area contributed by atoms with E-state index >= 15 is 0 Å². The molecule has 0 saturated heterocycles. The second-order valence-corrected chi connectivity index (χ2v) is 7.53. The molecule has 0 unspecified atom stereocenters. The van der Waals surface area contributed by atoms with Crippen LogP contribution in [0, 0.1) is 0 Å². The van der Waals surface area contributed by atoms with Gasteiger partial charge in [0.15, 0.2) is 0 Å². The van der Waals surface area contributed by atoms with Gasteiger partial charge in [-0.05, 0) is 52.7 Å². The predicted octanol–water partition coefficient (Wildman–Crippen LogP) is 4.50. The highest BCUT2D eigenvalue weighted by Gasteiger charge is 2.13. The third kappa shape index (κ3) is 6.02.